The molecule has 1 saturated heterocycles. The van der Waals surface area contributed by atoms with Crippen LogP contribution in [0.15, 0.2) is 30.3 Å². The summed E-state index contributed by atoms with van der Waals surface area (Å²) in [5.74, 6) is -0.0928. The van der Waals surface area contributed by atoms with Crippen LogP contribution >= 0.6 is 0 Å². The van der Waals surface area contributed by atoms with E-state index in [1.807, 2.05) is 44.2 Å². The van der Waals surface area contributed by atoms with E-state index in [-0.39, 0.29) is 5.97 Å². The molecule has 3 heteroatoms. The minimum Gasteiger partial charge on any atom is -0.459 e. The van der Waals surface area contributed by atoms with Gasteiger partial charge in [0.25, 0.3) is 0 Å². The number of carbonyl (C=O) groups is 1. The lowest BCUT2D eigenvalue weighted by molar-refractivity contribution is -0.914. The zero-order valence-electron chi connectivity index (χ0n) is 14.3. The van der Waals surface area contributed by atoms with Crippen molar-refractivity contribution in [2.45, 2.75) is 44.9 Å². The Morgan fingerprint density at radius 2 is 1.82 bits per heavy atom. The van der Waals surface area contributed by atoms with Crippen molar-refractivity contribution in [1.82, 2.24) is 0 Å². The highest BCUT2D eigenvalue weighted by molar-refractivity contribution is 5.82. The van der Waals surface area contributed by atoms with E-state index in [0.29, 0.717) is 6.61 Å². The second-order valence-corrected chi connectivity index (χ2v) is 7.04. The summed E-state index contributed by atoms with van der Waals surface area (Å²) in [6.07, 6.45) is 4.68. The summed E-state index contributed by atoms with van der Waals surface area (Å²) in [5.41, 5.74) is 0.503. The van der Waals surface area contributed by atoms with Crippen molar-refractivity contribution >= 4 is 5.97 Å². The maximum atomic E-state index is 12.6. The van der Waals surface area contributed by atoms with Crippen LogP contribution in [0, 0.1) is 0 Å². The first-order valence-electron chi connectivity index (χ1n) is 8.56. The fourth-order valence-electron chi connectivity index (χ4n) is 3.29. The van der Waals surface area contributed by atoms with Crippen LogP contribution in [0.3, 0.4) is 0 Å². The molecule has 1 aliphatic rings. The van der Waals surface area contributed by atoms with E-state index in [2.05, 4.69) is 7.05 Å². The van der Waals surface area contributed by atoms with Gasteiger partial charge >= 0.3 is 5.97 Å². The van der Waals surface area contributed by atoms with Gasteiger partial charge in [0.15, 0.2) is 0 Å². The van der Waals surface area contributed by atoms with Crippen LogP contribution in [-0.4, -0.2) is 43.7 Å². The Labute approximate surface area is 134 Å². The quantitative estimate of drug-likeness (QED) is 0.593. The number of quaternary nitrogens is 1. The highest BCUT2D eigenvalue weighted by atomic mass is 16.5. The molecule has 0 unspecified atom stereocenters. The summed E-state index contributed by atoms with van der Waals surface area (Å²) < 4.78 is 6.71. The summed E-state index contributed by atoms with van der Waals surface area (Å²) in [6, 6.07) is 9.98. The van der Waals surface area contributed by atoms with Gasteiger partial charge in [0.2, 0.25) is 0 Å². The molecule has 1 atom stereocenters. The third kappa shape index (κ3) is 3.89. The van der Waals surface area contributed by atoms with Crippen LogP contribution in [0.4, 0.5) is 0 Å². The second-order valence-electron chi connectivity index (χ2n) is 7.04. The minimum atomic E-state index is -0.540. The number of ether oxygens (including phenoxy) is 1. The van der Waals surface area contributed by atoms with Gasteiger partial charge < -0.3 is 9.22 Å². The molecule has 0 aromatic heterocycles. The molecular weight excluding hydrogens is 274 g/mol. The minimum absolute atomic E-state index is 0.0928. The molecule has 122 valence electrons. The zero-order chi connectivity index (χ0) is 16.1. The topological polar surface area (TPSA) is 26.3 Å². The number of rotatable bonds is 6. The van der Waals surface area contributed by atoms with Crippen LogP contribution < -0.4 is 0 Å². The monoisotopic (exact) mass is 304 g/mol. The molecule has 0 aliphatic carbocycles. The first-order chi connectivity index (χ1) is 10.5. The lowest BCUT2D eigenvalue weighted by Gasteiger charge is -2.37. The molecule has 0 bridgehead atoms. The van der Waals surface area contributed by atoms with Gasteiger partial charge in [-0.2, -0.15) is 0 Å². The van der Waals surface area contributed by atoms with Crippen molar-refractivity contribution in [2.75, 3.05) is 33.3 Å². The highest BCUT2D eigenvalue weighted by Gasteiger charge is 2.35. The fraction of sp³-hybridized carbons (Fsp3) is 0.632. The Balaban J connectivity index is 1.92. The molecule has 1 fully saturated rings. The van der Waals surface area contributed by atoms with Gasteiger partial charge in [-0.15, -0.1) is 0 Å². The van der Waals surface area contributed by atoms with Crippen LogP contribution in [0.25, 0.3) is 0 Å². The number of carbonyl (C=O) groups excluding carboxylic acids is 1. The van der Waals surface area contributed by atoms with Gasteiger partial charge in [-0.25, -0.2) is 0 Å². The molecule has 0 saturated carbocycles. The largest absolute Gasteiger partial charge is 0.459 e. The molecule has 0 N–H and O–H groups in total. The third-order valence-corrected chi connectivity index (χ3v) is 5.33. The Kier molecular flexibility index (Phi) is 5.63. The average Bonchev–Trinajstić information content (AvgIpc) is 2.55. The Morgan fingerprint density at radius 3 is 2.41 bits per heavy atom. The number of hydrogen-bond acceptors (Lipinski definition) is 2. The van der Waals surface area contributed by atoms with E-state index in [9.17, 15) is 4.79 Å². The van der Waals surface area contributed by atoms with Crippen molar-refractivity contribution in [3.05, 3.63) is 35.9 Å². The summed E-state index contributed by atoms with van der Waals surface area (Å²) in [6.45, 7) is 7.91. The lowest BCUT2D eigenvalue weighted by atomic mass is 9.80. The number of likely N-dealkylation sites (tertiary alicyclic amines) is 1. The summed E-state index contributed by atoms with van der Waals surface area (Å²) in [5, 5.41) is 0. The molecule has 1 aliphatic heterocycles. The SMILES string of the molecule is CC[C@@](C)(C(=O)OCC[N+]1(C)CCCCC1)c1ccccc1. The summed E-state index contributed by atoms with van der Waals surface area (Å²) >= 11 is 0. The van der Waals surface area contributed by atoms with Crippen LogP contribution in [-0.2, 0) is 14.9 Å². The predicted molar refractivity (Wildman–Crippen MR) is 89.7 cm³/mol. The summed E-state index contributed by atoms with van der Waals surface area (Å²) in [4.78, 5) is 12.6. The standard InChI is InChI=1S/C19H30NO2/c1-4-19(2,17-11-7-5-8-12-17)18(21)22-16-15-20(3)13-9-6-10-14-20/h5,7-8,11-12H,4,6,9-10,13-16H2,1-3H3/q+1/t19-/m1/s1. The normalized spacial score (nSPS) is 20.1. The van der Waals surface area contributed by atoms with Crippen molar-refractivity contribution < 1.29 is 14.0 Å². The second kappa shape index (κ2) is 7.28. The molecule has 1 aromatic rings. The number of hydrogen-bond donors (Lipinski definition) is 0. The van der Waals surface area contributed by atoms with E-state index in [1.165, 1.54) is 32.4 Å². The number of piperidine rings is 1. The van der Waals surface area contributed by atoms with E-state index >= 15 is 0 Å². The van der Waals surface area contributed by atoms with Gasteiger partial charge in [0, 0.05) is 0 Å². The molecule has 0 spiro atoms. The number of benzene rings is 1. The lowest BCUT2D eigenvalue weighted by Crippen LogP contribution is -2.50. The first kappa shape index (κ1) is 17.0. The van der Waals surface area contributed by atoms with E-state index in [1.54, 1.807) is 0 Å². The first-order valence-corrected chi connectivity index (χ1v) is 8.56. The van der Waals surface area contributed by atoms with E-state index in [4.69, 9.17) is 4.74 Å². The molecule has 0 amide bonds. The Hall–Kier alpha value is -1.35. The number of likely N-dealkylation sites (N-methyl/N-ethyl adjacent to an activating group) is 1. The van der Waals surface area contributed by atoms with Crippen molar-refractivity contribution in [1.29, 1.82) is 0 Å². The van der Waals surface area contributed by atoms with E-state index in [0.717, 1.165) is 23.0 Å². The molecule has 1 aromatic carbocycles. The summed E-state index contributed by atoms with van der Waals surface area (Å²) in [7, 11) is 2.28. The molecule has 22 heavy (non-hydrogen) atoms. The predicted octanol–water partition coefficient (Wildman–Crippen LogP) is 3.53. The average molecular weight is 304 g/mol. The van der Waals surface area contributed by atoms with Gasteiger partial charge in [-0.3, -0.25) is 4.79 Å². The van der Waals surface area contributed by atoms with Gasteiger partial charge in [-0.05, 0) is 38.2 Å². The molecule has 0 radical (unpaired) electrons. The van der Waals surface area contributed by atoms with Crippen LogP contribution in [0.2, 0.25) is 0 Å². The maximum absolute atomic E-state index is 12.6. The Bertz CT molecular complexity index is 479. The van der Waals surface area contributed by atoms with Gasteiger partial charge in [-0.1, -0.05) is 37.3 Å². The number of nitrogens with zero attached hydrogens (tertiary/aromatic N) is 1. The van der Waals surface area contributed by atoms with Crippen LogP contribution in [0.5, 0.6) is 0 Å². The smallest absolute Gasteiger partial charge is 0.316 e. The van der Waals surface area contributed by atoms with Crippen molar-refractivity contribution in [2.24, 2.45) is 0 Å². The van der Waals surface area contributed by atoms with Gasteiger partial charge in [0.1, 0.15) is 13.2 Å². The zero-order valence-corrected chi connectivity index (χ0v) is 14.3. The highest BCUT2D eigenvalue weighted by Crippen LogP contribution is 2.29. The van der Waals surface area contributed by atoms with Crippen LogP contribution in [0.1, 0.15) is 45.1 Å². The Morgan fingerprint density at radius 1 is 1.18 bits per heavy atom. The molecule has 2 rings (SSSR count). The third-order valence-electron chi connectivity index (χ3n) is 5.33. The maximum Gasteiger partial charge on any atom is 0.316 e. The molecular formula is C19H30NO2+. The van der Waals surface area contributed by atoms with Crippen molar-refractivity contribution in [3.63, 3.8) is 0 Å². The number of esters is 1. The van der Waals surface area contributed by atoms with Crippen molar-refractivity contribution in [3.8, 4) is 0 Å². The van der Waals surface area contributed by atoms with Gasteiger partial charge in [0.05, 0.1) is 25.6 Å². The molecule has 1 heterocycles. The molecule has 3 nitrogen and oxygen atoms in total. The fourth-order valence-corrected chi connectivity index (χ4v) is 3.29. The van der Waals surface area contributed by atoms with E-state index < -0.39 is 5.41 Å².